The lowest BCUT2D eigenvalue weighted by molar-refractivity contribution is 0.183. The first-order chi connectivity index (χ1) is 17.2. The molecule has 2 aliphatic rings. The summed E-state index contributed by atoms with van der Waals surface area (Å²) in [6, 6.07) is 24.8. The molecule has 2 nitrogen and oxygen atoms in total. The van der Waals surface area contributed by atoms with Gasteiger partial charge in [0.15, 0.2) is 0 Å². The van der Waals surface area contributed by atoms with Gasteiger partial charge in [0.1, 0.15) is 18.2 Å². The number of rotatable bonds is 5. The van der Waals surface area contributed by atoms with Crippen molar-refractivity contribution in [1.29, 1.82) is 0 Å². The topological polar surface area (TPSA) is 12.5 Å². The minimum Gasteiger partial charge on any atom is -0.492 e. The van der Waals surface area contributed by atoms with Gasteiger partial charge in [-0.3, -0.25) is 4.90 Å². The molecular formula is C31H30FNOS. The molecule has 6 rings (SSSR count). The van der Waals surface area contributed by atoms with Gasteiger partial charge in [0, 0.05) is 11.4 Å². The fourth-order valence-corrected chi connectivity index (χ4v) is 6.85. The predicted octanol–water partition coefficient (Wildman–Crippen LogP) is 8.01. The molecule has 0 saturated carbocycles. The lowest BCUT2D eigenvalue weighted by atomic mass is 9.89. The van der Waals surface area contributed by atoms with Gasteiger partial charge in [-0.25, -0.2) is 4.39 Å². The van der Waals surface area contributed by atoms with E-state index in [4.69, 9.17) is 4.74 Å². The first-order valence-electron chi connectivity index (χ1n) is 12.6. The molecule has 4 aromatic carbocycles. The number of aryl methyl sites for hydroxylation is 1. The quantitative estimate of drug-likeness (QED) is 0.285. The Balaban J connectivity index is 1.31. The summed E-state index contributed by atoms with van der Waals surface area (Å²) in [5.74, 6) is 0.721. The van der Waals surface area contributed by atoms with Crippen molar-refractivity contribution < 1.29 is 9.13 Å². The lowest BCUT2D eigenvalue weighted by Gasteiger charge is -2.29. The summed E-state index contributed by atoms with van der Waals surface area (Å²) in [5.41, 5.74) is 6.09. The van der Waals surface area contributed by atoms with Crippen LogP contribution in [0.15, 0.2) is 77.7 Å². The standard InChI is InChI=1S/C31H30FNOS/c1-21-5-12-26-23(19-21)8-13-28-27-14-9-24(32)20-29(27)35-31(30(26)28)22-6-10-25(11-7-22)34-18-17-33-15-3-2-4-16-33/h5-14,19-20,31H,2-4,15-18H2,1H3. The van der Waals surface area contributed by atoms with Gasteiger partial charge in [-0.1, -0.05) is 60.5 Å². The van der Waals surface area contributed by atoms with E-state index in [0.29, 0.717) is 0 Å². The van der Waals surface area contributed by atoms with Crippen LogP contribution in [0.25, 0.3) is 21.9 Å². The number of ether oxygens (including phenoxy) is 1. The second-order valence-electron chi connectivity index (χ2n) is 9.71. The van der Waals surface area contributed by atoms with E-state index < -0.39 is 0 Å². The highest BCUT2D eigenvalue weighted by atomic mass is 32.2. The van der Waals surface area contributed by atoms with Crippen molar-refractivity contribution in [2.24, 2.45) is 0 Å². The second kappa shape index (κ2) is 9.67. The molecule has 0 N–H and O–H groups in total. The first-order valence-corrected chi connectivity index (χ1v) is 13.5. The maximum atomic E-state index is 14.2. The van der Waals surface area contributed by atoms with E-state index in [9.17, 15) is 4.39 Å². The van der Waals surface area contributed by atoms with Crippen LogP contribution in [0.2, 0.25) is 0 Å². The third-order valence-corrected chi connectivity index (χ3v) is 8.60. The van der Waals surface area contributed by atoms with Crippen LogP contribution in [-0.2, 0) is 0 Å². The zero-order valence-electron chi connectivity index (χ0n) is 20.1. The van der Waals surface area contributed by atoms with E-state index in [2.05, 4.69) is 66.4 Å². The molecule has 0 bridgehead atoms. The molecule has 1 unspecified atom stereocenters. The fourth-order valence-electron chi connectivity index (χ4n) is 5.44. The summed E-state index contributed by atoms with van der Waals surface area (Å²) in [5, 5.41) is 2.60. The second-order valence-corrected chi connectivity index (χ2v) is 10.9. The van der Waals surface area contributed by atoms with Crippen molar-refractivity contribution in [3.05, 3.63) is 95.3 Å². The van der Waals surface area contributed by atoms with Gasteiger partial charge in [-0.05, 0) is 90.1 Å². The maximum Gasteiger partial charge on any atom is 0.124 e. The van der Waals surface area contributed by atoms with E-state index in [1.807, 2.05) is 6.07 Å². The first kappa shape index (κ1) is 22.6. The summed E-state index contributed by atoms with van der Waals surface area (Å²) in [7, 11) is 0. The van der Waals surface area contributed by atoms with E-state index in [1.54, 1.807) is 23.9 Å². The summed E-state index contributed by atoms with van der Waals surface area (Å²) in [6.45, 7) is 6.22. The van der Waals surface area contributed by atoms with Crippen LogP contribution in [-0.4, -0.2) is 31.1 Å². The molecule has 4 aromatic rings. The van der Waals surface area contributed by atoms with Gasteiger partial charge in [-0.2, -0.15) is 0 Å². The van der Waals surface area contributed by atoms with Gasteiger partial charge in [0.2, 0.25) is 0 Å². The SMILES string of the molecule is Cc1ccc2c3c(ccc2c1)-c1ccc(F)cc1SC3c1ccc(OCCN2CCCCC2)cc1. The molecule has 0 aromatic heterocycles. The monoisotopic (exact) mass is 483 g/mol. The van der Waals surface area contributed by atoms with Gasteiger partial charge in [-0.15, -0.1) is 11.8 Å². The van der Waals surface area contributed by atoms with Gasteiger partial charge in [0.25, 0.3) is 0 Å². The summed E-state index contributed by atoms with van der Waals surface area (Å²) in [4.78, 5) is 3.49. The molecule has 2 heterocycles. The van der Waals surface area contributed by atoms with E-state index >= 15 is 0 Å². The third kappa shape index (κ3) is 4.57. The van der Waals surface area contributed by atoms with Crippen LogP contribution < -0.4 is 4.74 Å². The van der Waals surface area contributed by atoms with Crippen molar-refractivity contribution in [3.63, 3.8) is 0 Å². The largest absolute Gasteiger partial charge is 0.492 e. The minimum atomic E-state index is -0.188. The molecule has 0 amide bonds. The highest BCUT2D eigenvalue weighted by Gasteiger charge is 2.29. The number of hydrogen-bond acceptors (Lipinski definition) is 3. The molecular weight excluding hydrogens is 453 g/mol. The number of fused-ring (bicyclic) bond motifs is 5. The van der Waals surface area contributed by atoms with Crippen molar-refractivity contribution in [3.8, 4) is 16.9 Å². The summed E-state index contributed by atoms with van der Waals surface area (Å²) in [6.07, 6.45) is 3.96. The molecule has 2 aliphatic heterocycles. The zero-order valence-corrected chi connectivity index (χ0v) is 20.9. The van der Waals surface area contributed by atoms with Crippen molar-refractivity contribution in [1.82, 2.24) is 4.90 Å². The number of piperidine rings is 1. The highest BCUT2D eigenvalue weighted by Crippen LogP contribution is 2.54. The van der Waals surface area contributed by atoms with Crippen LogP contribution in [0.3, 0.4) is 0 Å². The normalized spacial score (nSPS) is 17.7. The average molecular weight is 484 g/mol. The number of nitrogens with zero attached hydrogens (tertiary/aromatic N) is 1. The maximum absolute atomic E-state index is 14.2. The molecule has 1 saturated heterocycles. The zero-order chi connectivity index (χ0) is 23.8. The predicted molar refractivity (Wildman–Crippen MR) is 144 cm³/mol. The van der Waals surface area contributed by atoms with Crippen molar-refractivity contribution >= 4 is 22.5 Å². The Morgan fingerprint density at radius 2 is 1.69 bits per heavy atom. The molecule has 35 heavy (non-hydrogen) atoms. The number of halogens is 1. The van der Waals surface area contributed by atoms with E-state index in [-0.39, 0.29) is 11.1 Å². The molecule has 0 spiro atoms. The molecule has 0 radical (unpaired) electrons. The Morgan fingerprint density at radius 3 is 2.51 bits per heavy atom. The Kier molecular flexibility index (Phi) is 6.26. The van der Waals surface area contributed by atoms with Crippen LogP contribution in [0.5, 0.6) is 5.75 Å². The Hall–Kier alpha value is -2.82. The molecule has 1 atom stereocenters. The van der Waals surface area contributed by atoms with Crippen LogP contribution in [0, 0.1) is 12.7 Å². The molecule has 4 heteroatoms. The van der Waals surface area contributed by atoms with E-state index in [0.717, 1.165) is 29.4 Å². The summed E-state index contributed by atoms with van der Waals surface area (Å²) >= 11 is 1.74. The number of benzene rings is 4. The van der Waals surface area contributed by atoms with Crippen molar-refractivity contribution in [2.45, 2.75) is 36.3 Å². The molecule has 178 valence electrons. The third-order valence-electron chi connectivity index (χ3n) is 7.27. The summed E-state index contributed by atoms with van der Waals surface area (Å²) < 4.78 is 20.2. The number of thioether (sulfide) groups is 1. The molecule has 1 fully saturated rings. The van der Waals surface area contributed by atoms with Crippen LogP contribution in [0.1, 0.15) is 41.2 Å². The Labute approximate surface area is 211 Å². The lowest BCUT2D eigenvalue weighted by Crippen LogP contribution is -2.33. The van der Waals surface area contributed by atoms with Crippen LogP contribution >= 0.6 is 11.8 Å². The smallest absolute Gasteiger partial charge is 0.124 e. The average Bonchev–Trinajstić information content (AvgIpc) is 2.88. The van der Waals surface area contributed by atoms with Gasteiger partial charge < -0.3 is 4.74 Å². The van der Waals surface area contributed by atoms with Crippen LogP contribution in [0.4, 0.5) is 4.39 Å². The van der Waals surface area contributed by atoms with Gasteiger partial charge >= 0.3 is 0 Å². The molecule has 0 aliphatic carbocycles. The van der Waals surface area contributed by atoms with E-state index in [1.165, 1.54) is 65.4 Å². The minimum absolute atomic E-state index is 0.0908. The number of hydrogen-bond donors (Lipinski definition) is 0. The highest BCUT2D eigenvalue weighted by molar-refractivity contribution is 8.00. The Morgan fingerprint density at radius 1 is 0.886 bits per heavy atom. The van der Waals surface area contributed by atoms with Crippen molar-refractivity contribution in [2.75, 3.05) is 26.2 Å². The fraction of sp³-hybridized carbons (Fsp3) is 0.290. The Bertz CT molecular complexity index is 1360. The number of likely N-dealkylation sites (tertiary alicyclic amines) is 1. The van der Waals surface area contributed by atoms with Gasteiger partial charge in [0.05, 0.1) is 5.25 Å².